The van der Waals surface area contributed by atoms with Gasteiger partial charge in [-0.05, 0) is 12.8 Å². The number of carbonyl (C=O) groups excluding carboxylic acids is 1. The molecule has 0 bridgehead atoms. The summed E-state index contributed by atoms with van der Waals surface area (Å²) in [7, 11) is 0. The lowest BCUT2D eigenvalue weighted by Gasteiger charge is -2.09. The van der Waals surface area contributed by atoms with E-state index >= 15 is 0 Å². The van der Waals surface area contributed by atoms with Gasteiger partial charge in [-0.2, -0.15) is 0 Å². The fourth-order valence-corrected chi connectivity index (χ4v) is 4.98. The average molecular weight is 677 g/mol. The number of carbonyl (C=O) groups is 1. The van der Waals surface area contributed by atoms with Crippen LogP contribution in [0.2, 0.25) is 0 Å². The van der Waals surface area contributed by atoms with Crippen molar-refractivity contribution in [3.05, 3.63) is 0 Å². The van der Waals surface area contributed by atoms with Crippen LogP contribution in [0.3, 0.4) is 0 Å². The van der Waals surface area contributed by atoms with Crippen LogP contribution in [-0.2, 0) is 42.7 Å². The molecule has 0 aliphatic carbocycles. The molecule has 0 aromatic rings. The van der Waals surface area contributed by atoms with E-state index in [1.54, 1.807) is 0 Å². The van der Waals surface area contributed by atoms with Crippen LogP contribution in [0.4, 0.5) is 0 Å². The van der Waals surface area contributed by atoms with E-state index in [2.05, 4.69) is 13.8 Å². The Morgan fingerprint density at radius 2 is 0.553 bits per heavy atom. The highest BCUT2D eigenvalue weighted by Crippen LogP contribution is 2.12. The van der Waals surface area contributed by atoms with E-state index in [1.165, 1.54) is 103 Å². The zero-order valence-electron chi connectivity index (χ0n) is 30.9. The lowest BCUT2D eigenvalue weighted by Crippen LogP contribution is -2.15. The molecule has 0 heterocycles. The van der Waals surface area contributed by atoms with Crippen molar-refractivity contribution in [3.8, 4) is 0 Å². The van der Waals surface area contributed by atoms with Gasteiger partial charge in [-0.15, -0.1) is 0 Å². The first-order chi connectivity index (χ1) is 23.3. The number of rotatable bonds is 42. The Kier molecular flexibility index (Phi) is 42.5. The van der Waals surface area contributed by atoms with Gasteiger partial charge in [0.05, 0.1) is 85.9 Å². The Morgan fingerprint density at radius 1 is 0.298 bits per heavy atom. The van der Waals surface area contributed by atoms with E-state index in [0.717, 1.165) is 25.9 Å². The molecule has 0 unspecified atom stereocenters. The van der Waals surface area contributed by atoms with Crippen molar-refractivity contribution in [2.75, 3.05) is 99.1 Å². The largest absolute Gasteiger partial charge is 0.463 e. The smallest absolute Gasteiger partial charge is 0.305 e. The molecule has 0 amide bonds. The molecule has 0 spiro atoms. The van der Waals surface area contributed by atoms with Gasteiger partial charge in [0.15, 0.2) is 0 Å². The lowest BCUT2D eigenvalue weighted by atomic mass is 10.0. The number of hydrogen-bond acceptors (Lipinski definition) is 9. The number of esters is 1. The summed E-state index contributed by atoms with van der Waals surface area (Å²) >= 11 is 0. The summed E-state index contributed by atoms with van der Waals surface area (Å²) in [6.45, 7) is 12.5. The fraction of sp³-hybridized carbons (Fsp3) is 0.974. The summed E-state index contributed by atoms with van der Waals surface area (Å²) in [5, 5.41) is 0. The van der Waals surface area contributed by atoms with Gasteiger partial charge in [0.1, 0.15) is 6.61 Å². The second kappa shape index (κ2) is 43.2. The highest BCUT2D eigenvalue weighted by molar-refractivity contribution is 5.69. The zero-order chi connectivity index (χ0) is 34.0. The van der Waals surface area contributed by atoms with Crippen molar-refractivity contribution >= 4 is 5.97 Å². The molecular weight excluding hydrogens is 600 g/mol. The van der Waals surface area contributed by atoms with Gasteiger partial charge in [0.25, 0.3) is 0 Å². The normalized spacial score (nSPS) is 11.4. The van der Waals surface area contributed by atoms with Gasteiger partial charge >= 0.3 is 5.97 Å². The van der Waals surface area contributed by atoms with Gasteiger partial charge in [0, 0.05) is 13.0 Å². The number of unbranched alkanes of at least 4 members (excludes halogenated alkanes) is 17. The highest BCUT2D eigenvalue weighted by atomic mass is 16.6. The van der Waals surface area contributed by atoms with Crippen LogP contribution < -0.4 is 0 Å². The van der Waals surface area contributed by atoms with E-state index in [0.29, 0.717) is 98.9 Å². The Balaban J connectivity index is 3.09. The maximum Gasteiger partial charge on any atom is 0.305 e. The third kappa shape index (κ3) is 43.2. The van der Waals surface area contributed by atoms with Gasteiger partial charge in [-0.25, -0.2) is 0 Å². The summed E-state index contributed by atoms with van der Waals surface area (Å²) in [6, 6.07) is 0. The molecule has 0 N–H and O–H groups in total. The molecule has 0 aliphatic rings. The van der Waals surface area contributed by atoms with Gasteiger partial charge in [0.2, 0.25) is 0 Å². The van der Waals surface area contributed by atoms with Crippen LogP contribution in [0, 0.1) is 0 Å². The maximum absolute atomic E-state index is 11.7. The first-order valence-corrected chi connectivity index (χ1v) is 19.5. The summed E-state index contributed by atoms with van der Waals surface area (Å²) in [5.74, 6) is -0.134. The molecule has 9 nitrogen and oxygen atoms in total. The molecule has 0 radical (unpaired) electrons. The lowest BCUT2D eigenvalue weighted by molar-refractivity contribution is -0.145. The van der Waals surface area contributed by atoms with E-state index in [9.17, 15) is 4.79 Å². The van der Waals surface area contributed by atoms with E-state index < -0.39 is 0 Å². The monoisotopic (exact) mass is 677 g/mol. The van der Waals surface area contributed by atoms with E-state index in [1.807, 2.05) is 0 Å². The first kappa shape index (κ1) is 46.2. The SMILES string of the molecule is CCCCCCCCCCCCCCCOCCOCCOCCOCCOCCOCCOCCOC(=O)CCCCCCCC. The molecule has 47 heavy (non-hydrogen) atoms. The summed E-state index contributed by atoms with van der Waals surface area (Å²) in [6.07, 6.45) is 25.3. The second-order valence-electron chi connectivity index (χ2n) is 12.3. The maximum atomic E-state index is 11.7. The van der Waals surface area contributed by atoms with E-state index in [-0.39, 0.29) is 5.97 Å². The molecule has 9 heteroatoms. The molecule has 0 rings (SSSR count). The Morgan fingerprint density at radius 3 is 0.894 bits per heavy atom. The molecule has 0 saturated heterocycles. The Hall–Kier alpha value is -0.810. The summed E-state index contributed by atoms with van der Waals surface area (Å²) in [4.78, 5) is 11.7. The van der Waals surface area contributed by atoms with Crippen molar-refractivity contribution in [1.82, 2.24) is 0 Å². The molecule has 0 atom stereocenters. The minimum atomic E-state index is -0.134. The quantitative estimate of drug-likeness (QED) is 0.0466. The summed E-state index contributed by atoms with van der Waals surface area (Å²) in [5.41, 5.74) is 0. The highest BCUT2D eigenvalue weighted by Gasteiger charge is 2.02. The summed E-state index contributed by atoms with van der Waals surface area (Å²) < 4.78 is 43.9. The van der Waals surface area contributed by atoms with Crippen molar-refractivity contribution < 1.29 is 42.7 Å². The van der Waals surface area contributed by atoms with Crippen molar-refractivity contribution in [2.24, 2.45) is 0 Å². The van der Waals surface area contributed by atoms with Crippen molar-refractivity contribution in [3.63, 3.8) is 0 Å². The first-order valence-electron chi connectivity index (χ1n) is 19.5. The Bertz CT molecular complexity index is 579. The van der Waals surface area contributed by atoms with Gasteiger partial charge < -0.3 is 37.9 Å². The Labute approximate surface area is 289 Å². The minimum absolute atomic E-state index is 0.134. The van der Waals surface area contributed by atoms with Gasteiger partial charge in [-0.1, -0.05) is 123 Å². The predicted molar refractivity (Wildman–Crippen MR) is 190 cm³/mol. The fourth-order valence-electron chi connectivity index (χ4n) is 4.98. The minimum Gasteiger partial charge on any atom is -0.463 e. The van der Waals surface area contributed by atoms with Crippen molar-refractivity contribution in [2.45, 2.75) is 142 Å². The van der Waals surface area contributed by atoms with Crippen molar-refractivity contribution in [1.29, 1.82) is 0 Å². The van der Waals surface area contributed by atoms with Crippen LogP contribution in [0.15, 0.2) is 0 Å². The third-order valence-electron chi connectivity index (χ3n) is 7.85. The van der Waals surface area contributed by atoms with Crippen LogP contribution >= 0.6 is 0 Å². The van der Waals surface area contributed by atoms with Crippen LogP contribution in [0.25, 0.3) is 0 Å². The molecule has 0 aliphatic heterocycles. The van der Waals surface area contributed by atoms with Crippen LogP contribution in [0.1, 0.15) is 142 Å². The standard InChI is InChI=1S/C38H76O9/c1-3-5-7-9-11-12-13-14-15-16-17-19-21-23-40-24-25-41-26-27-42-28-29-43-30-31-44-32-33-45-34-35-46-36-37-47-38(39)22-20-18-10-8-6-4-2/h3-37H2,1-2H3. The van der Waals surface area contributed by atoms with E-state index in [4.69, 9.17) is 37.9 Å². The number of ether oxygens (including phenoxy) is 8. The van der Waals surface area contributed by atoms with Crippen LogP contribution in [-0.4, -0.2) is 105 Å². The zero-order valence-corrected chi connectivity index (χ0v) is 30.9. The van der Waals surface area contributed by atoms with Gasteiger partial charge in [-0.3, -0.25) is 4.79 Å². The number of hydrogen-bond donors (Lipinski definition) is 0. The predicted octanol–water partition coefficient (Wildman–Crippen LogP) is 8.49. The second-order valence-corrected chi connectivity index (χ2v) is 12.3. The average Bonchev–Trinajstić information content (AvgIpc) is 3.08. The molecule has 282 valence electrons. The third-order valence-corrected chi connectivity index (χ3v) is 7.85. The van der Waals surface area contributed by atoms with Crippen LogP contribution in [0.5, 0.6) is 0 Å². The molecule has 0 aromatic carbocycles. The molecular formula is C38H76O9. The molecule has 0 fully saturated rings. The molecule has 0 saturated carbocycles. The topological polar surface area (TPSA) is 90.9 Å². The molecule has 0 aromatic heterocycles.